The van der Waals surface area contributed by atoms with E-state index in [1.807, 2.05) is 0 Å². The maximum Gasteiger partial charge on any atom is 0.339 e. The number of carboxylic acid groups (broad SMARTS) is 1. The molecule has 0 aliphatic carbocycles. The van der Waals surface area contributed by atoms with E-state index < -0.39 is 41.4 Å². The molecule has 0 bridgehead atoms. The van der Waals surface area contributed by atoms with Crippen molar-refractivity contribution in [3.8, 4) is 5.75 Å². The summed E-state index contributed by atoms with van der Waals surface area (Å²) in [5.41, 5.74) is 4.25. The van der Waals surface area contributed by atoms with Crippen LogP contribution in [0.4, 0.5) is 8.78 Å². The summed E-state index contributed by atoms with van der Waals surface area (Å²) in [5, 5.41) is 27.0. The predicted octanol–water partition coefficient (Wildman–Crippen LogP) is 1.48. The molecule has 1 atom stereocenters. The Bertz CT molecular complexity index is 481. The van der Waals surface area contributed by atoms with Gasteiger partial charge in [-0.15, -0.1) is 0 Å². The Labute approximate surface area is 109 Å². The maximum atomic E-state index is 13.3. The van der Waals surface area contributed by atoms with Crippen LogP contribution in [0.3, 0.4) is 0 Å². The van der Waals surface area contributed by atoms with Gasteiger partial charge in [0.1, 0.15) is 24.0 Å². The topological polar surface area (TPSA) is 104 Å². The number of hydrogen-bond donors (Lipinski definition) is 4. The van der Waals surface area contributed by atoms with Crippen LogP contribution in [0, 0.1) is 0 Å². The number of aromatic carboxylic acids is 1. The second-order valence-electron chi connectivity index (χ2n) is 3.56. The lowest BCUT2D eigenvalue weighted by Gasteiger charge is -2.23. The van der Waals surface area contributed by atoms with Crippen LogP contribution in [0.25, 0.3) is 0 Å². The largest absolute Gasteiger partial charge is 0.507 e. The van der Waals surface area contributed by atoms with E-state index in [0.29, 0.717) is 0 Å². The van der Waals surface area contributed by atoms with Crippen LogP contribution in [-0.4, -0.2) is 33.8 Å². The van der Waals surface area contributed by atoms with E-state index in [0.717, 1.165) is 6.07 Å². The number of aliphatic hydroxyl groups is 1. The fourth-order valence-corrected chi connectivity index (χ4v) is 1.93. The van der Waals surface area contributed by atoms with Crippen LogP contribution in [0.1, 0.15) is 22.0 Å². The number of halogens is 3. The number of nitrogens with two attached hydrogens (primary N) is 1. The van der Waals surface area contributed by atoms with Crippen molar-refractivity contribution in [1.29, 1.82) is 0 Å². The Hall–Kier alpha value is -1.25. The highest BCUT2D eigenvalue weighted by molar-refractivity contribution is 9.10. The van der Waals surface area contributed by atoms with Gasteiger partial charge < -0.3 is 21.1 Å². The maximum absolute atomic E-state index is 13.3. The third-order valence-electron chi connectivity index (χ3n) is 2.37. The molecule has 0 radical (unpaired) electrons. The average molecular weight is 326 g/mol. The molecular formula is C10H10BrF2NO4. The van der Waals surface area contributed by atoms with Gasteiger partial charge in [-0.1, -0.05) is 15.9 Å². The smallest absolute Gasteiger partial charge is 0.339 e. The molecule has 0 unspecified atom stereocenters. The van der Waals surface area contributed by atoms with E-state index in [2.05, 4.69) is 15.9 Å². The molecule has 0 aliphatic rings. The van der Waals surface area contributed by atoms with Crippen molar-refractivity contribution in [3.63, 3.8) is 0 Å². The number of benzene rings is 1. The lowest BCUT2D eigenvalue weighted by Crippen LogP contribution is -2.36. The van der Waals surface area contributed by atoms with Gasteiger partial charge in [0.15, 0.2) is 0 Å². The molecule has 0 aliphatic heterocycles. The molecule has 1 rings (SSSR count). The summed E-state index contributed by atoms with van der Waals surface area (Å²) < 4.78 is 26.6. The van der Waals surface area contributed by atoms with E-state index in [4.69, 9.17) is 15.9 Å². The van der Waals surface area contributed by atoms with Gasteiger partial charge in [0.25, 0.3) is 5.92 Å². The van der Waals surface area contributed by atoms with Crippen molar-refractivity contribution in [2.75, 3.05) is 6.61 Å². The first-order valence-corrected chi connectivity index (χ1v) is 5.50. The highest BCUT2D eigenvalue weighted by Crippen LogP contribution is 2.39. The zero-order valence-corrected chi connectivity index (χ0v) is 10.5. The van der Waals surface area contributed by atoms with Crippen molar-refractivity contribution in [2.24, 2.45) is 5.73 Å². The monoisotopic (exact) mass is 325 g/mol. The molecule has 8 heteroatoms. The Morgan fingerprint density at radius 2 is 2.06 bits per heavy atom. The summed E-state index contributed by atoms with van der Waals surface area (Å²) in [6.45, 7) is -1.52. The van der Waals surface area contributed by atoms with E-state index in [1.165, 1.54) is 6.07 Å². The fraction of sp³-hybridized carbons (Fsp3) is 0.300. The number of phenols is 1. The van der Waals surface area contributed by atoms with Crippen molar-refractivity contribution >= 4 is 21.9 Å². The molecule has 0 aromatic heterocycles. The van der Waals surface area contributed by atoms with E-state index in [1.54, 1.807) is 0 Å². The Morgan fingerprint density at radius 1 is 1.50 bits per heavy atom. The summed E-state index contributed by atoms with van der Waals surface area (Å²) in [7, 11) is 0. The zero-order valence-electron chi connectivity index (χ0n) is 8.90. The van der Waals surface area contributed by atoms with Crippen molar-refractivity contribution in [2.45, 2.75) is 12.0 Å². The van der Waals surface area contributed by atoms with E-state index >= 15 is 0 Å². The summed E-state index contributed by atoms with van der Waals surface area (Å²) in [6, 6.07) is 0.206. The lowest BCUT2D eigenvalue weighted by atomic mass is 9.98. The van der Waals surface area contributed by atoms with Crippen LogP contribution in [0.5, 0.6) is 5.75 Å². The number of aliphatic hydroxyl groups excluding tert-OH is 1. The molecule has 0 spiro atoms. The van der Waals surface area contributed by atoms with Crippen molar-refractivity contribution in [1.82, 2.24) is 0 Å². The third-order valence-corrected chi connectivity index (χ3v) is 3.06. The molecule has 1 aromatic rings. The molecule has 0 amide bonds. The highest BCUT2D eigenvalue weighted by atomic mass is 79.9. The number of alkyl halides is 2. The number of rotatable bonds is 4. The van der Waals surface area contributed by atoms with Gasteiger partial charge in [0.05, 0.1) is 0 Å². The van der Waals surface area contributed by atoms with Gasteiger partial charge in [-0.2, -0.15) is 0 Å². The molecule has 1 aromatic carbocycles. The second-order valence-corrected chi connectivity index (χ2v) is 4.41. The predicted molar refractivity (Wildman–Crippen MR) is 61.7 cm³/mol. The van der Waals surface area contributed by atoms with Gasteiger partial charge >= 0.3 is 5.97 Å². The third kappa shape index (κ3) is 2.60. The lowest BCUT2D eigenvalue weighted by molar-refractivity contribution is -0.0717. The molecule has 5 nitrogen and oxygen atoms in total. The fourth-order valence-electron chi connectivity index (χ4n) is 1.36. The number of carbonyl (C=O) groups is 1. The Morgan fingerprint density at radius 3 is 2.50 bits per heavy atom. The van der Waals surface area contributed by atoms with Gasteiger partial charge in [0.2, 0.25) is 0 Å². The normalized spacial score (nSPS) is 13.4. The van der Waals surface area contributed by atoms with Crippen LogP contribution < -0.4 is 5.73 Å². The summed E-state index contributed by atoms with van der Waals surface area (Å²) >= 11 is 2.90. The van der Waals surface area contributed by atoms with Crippen LogP contribution >= 0.6 is 15.9 Å². The van der Waals surface area contributed by atoms with E-state index in [9.17, 15) is 18.7 Å². The van der Waals surface area contributed by atoms with E-state index in [-0.39, 0.29) is 4.47 Å². The highest BCUT2D eigenvalue weighted by Gasteiger charge is 2.40. The second kappa shape index (κ2) is 5.17. The number of carboxylic acids is 1. The summed E-state index contributed by atoms with van der Waals surface area (Å²) in [4.78, 5) is 10.8. The van der Waals surface area contributed by atoms with Crippen LogP contribution in [0.2, 0.25) is 0 Å². The molecule has 18 heavy (non-hydrogen) atoms. The molecule has 0 fully saturated rings. The molecular weight excluding hydrogens is 316 g/mol. The molecule has 0 saturated carbocycles. The quantitative estimate of drug-likeness (QED) is 0.671. The average Bonchev–Trinajstić information content (AvgIpc) is 2.28. The number of hydrogen-bond acceptors (Lipinski definition) is 4. The molecule has 0 saturated heterocycles. The first kappa shape index (κ1) is 14.8. The van der Waals surface area contributed by atoms with Crippen LogP contribution in [-0.2, 0) is 0 Å². The first-order valence-electron chi connectivity index (χ1n) is 4.71. The Balaban J connectivity index is 3.40. The zero-order chi connectivity index (χ0) is 14.1. The van der Waals surface area contributed by atoms with Gasteiger partial charge in [0, 0.05) is 10.0 Å². The van der Waals surface area contributed by atoms with Gasteiger partial charge in [-0.05, 0) is 12.1 Å². The van der Waals surface area contributed by atoms with Gasteiger partial charge in [-0.25, -0.2) is 13.6 Å². The minimum absolute atomic E-state index is 0.0330. The molecule has 5 N–H and O–H groups in total. The SMILES string of the molecule is N[C@@H](c1c(Br)ccc(C(=O)O)c1O)C(F)(F)CO. The summed E-state index contributed by atoms with van der Waals surface area (Å²) in [6.07, 6.45) is 0. The van der Waals surface area contributed by atoms with Crippen molar-refractivity contribution in [3.05, 3.63) is 27.7 Å². The first-order chi connectivity index (χ1) is 8.22. The molecule has 100 valence electrons. The molecule has 0 heterocycles. The van der Waals surface area contributed by atoms with Crippen molar-refractivity contribution < 1.29 is 28.9 Å². The minimum atomic E-state index is -3.68. The standard InChI is InChI=1S/C10H10BrF2NO4/c11-5-2-1-4(9(17)18)7(16)6(5)8(14)10(12,13)3-15/h1-2,8,15-16H,3,14H2,(H,17,18)/t8-/m0/s1. The van der Waals surface area contributed by atoms with Gasteiger partial charge in [-0.3, -0.25) is 0 Å². The Kier molecular flexibility index (Phi) is 4.25. The minimum Gasteiger partial charge on any atom is -0.507 e. The summed E-state index contributed by atoms with van der Waals surface area (Å²) in [5.74, 6) is -6.00. The van der Waals surface area contributed by atoms with Crippen LogP contribution in [0.15, 0.2) is 16.6 Å². The number of aromatic hydroxyl groups is 1.